The average molecular weight is 317 g/mol. The van der Waals surface area contributed by atoms with Crippen molar-refractivity contribution in [1.29, 1.82) is 0 Å². The zero-order chi connectivity index (χ0) is 15.8. The Morgan fingerprint density at radius 2 is 1.87 bits per heavy atom. The van der Waals surface area contributed by atoms with Crippen LogP contribution in [-0.2, 0) is 4.79 Å². The molecule has 1 aromatic rings. The fourth-order valence-corrected chi connectivity index (χ4v) is 4.52. The van der Waals surface area contributed by atoms with Gasteiger partial charge in [-0.15, -0.1) is 0 Å². The van der Waals surface area contributed by atoms with Crippen LogP contribution in [0.25, 0.3) is 0 Å². The van der Waals surface area contributed by atoms with E-state index >= 15 is 0 Å². The molecule has 3 fully saturated rings. The van der Waals surface area contributed by atoms with Gasteiger partial charge in [-0.25, -0.2) is 9.82 Å². The number of carbonyl (C=O) groups is 1. The lowest BCUT2D eigenvalue weighted by Gasteiger charge is -2.38. The molecule has 23 heavy (non-hydrogen) atoms. The van der Waals surface area contributed by atoms with Crippen LogP contribution in [0.5, 0.6) is 0 Å². The summed E-state index contributed by atoms with van der Waals surface area (Å²) in [5.74, 6) is 0.400. The number of hydrogen-bond acceptors (Lipinski definition) is 3. The lowest BCUT2D eigenvalue weighted by atomic mass is 9.91. The Bertz CT molecular complexity index is 576. The Morgan fingerprint density at radius 1 is 1.04 bits per heavy atom. The van der Waals surface area contributed by atoms with E-state index < -0.39 is 0 Å². The highest BCUT2D eigenvalue weighted by molar-refractivity contribution is 5.83. The van der Waals surface area contributed by atoms with Gasteiger partial charge in [-0.3, -0.25) is 10.2 Å². The first-order valence-corrected chi connectivity index (χ1v) is 8.81. The van der Waals surface area contributed by atoms with Crippen molar-refractivity contribution >= 4 is 5.91 Å². The van der Waals surface area contributed by atoms with Crippen molar-refractivity contribution in [2.24, 2.45) is 5.92 Å². The van der Waals surface area contributed by atoms with Crippen LogP contribution in [-0.4, -0.2) is 29.4 Å². The zero-order valence-electron chi connectivity index (χ0n) is 13.3. The Balaban J connectivity index is 1.55. The van der Waals surface area contributed by atoms with Crippen LogP contribution >= 0.6 is 0 Å². The van der Waals surface area contributed by atoms with Crippen LogP contribution in [0.15, 0.2) is 24.3 Å². The summed E-state index contributed by atoms with van der Waals surface area (Å²) in [6.07, 6.45) is 6.62. The molecule has 0 aromatic heterocycles. The van der Waals surface area contributed by atoms with Crippen molar-refractivity contribution in [2.45, 2.75) is 56.7 Å². The van der Waals surface area contributed by atoms with Crippen molar-refractivity contribution in [3.63, 3.8) is 0 Å². The molecule has 1 aliphatic carbocycles. The predicted octanol–water partition coefficient (Wildman–Crippen LogP) is 2.52. The standard InChI is InChI=1S/C18H24FN3O/c19-13-9-7-12(8-10-13)16-6-1-2-11-22(16)18(23)17-14-4-3-5-15(14)20-21-17/h7-10,14-17,20-21H,1-6,11H2. The first-order chi connectivity index (χ1) is 11.2. The third-order valence-corrected chi connectivity index (χ3v) is 5.73. The Kier molecular flexibility index (Phi) is 4.07. The molecule has 1 amide bonds. The number of nitrogens with one attached hydrogen (secondary N) is 2. The molecule has 0 radical (unpaired) electrons. The number of amides is 1. The summed E-state index contributed by atoms with van der Waals surface area (Å²) < 4.78 is 13.2. The van der Waals surface area contributed by atoms with Gasteiger partial charge in [-0.05, 0) is 49.8 Å². The van der Waals surface area contributed by atoms with Gasteiger partial charge in [0.05, 0.1) is 6.04 Å². The molecular weight excluding hydrogens is 293 g/mol. The first kappa shape index (κ1) is 15.1. The van der Waals surface area contributed by atoms with E-state index in [0.717, 1.165) is 44.2 Å². The van der Waals surface area contributed by atoms with Gasteiger partial charge in [0.25, 0.3) is 0 Å². The second-order valence-corrected chi connectivity index (χ2v) is 7.06. The number of hydrogen-bond donors (Lipinski definition) is 2. The molecule has 1 saturated carbocycles. The summed E-state index contributed by atoms with van der Waals surface area (Å²) in [5.41, 5.74) is 7.59. The Hall–Kier alpha value is -1.46. The van der Waals surface area contributed by atoms with Gasteiger partial charge < -0.3 is 4.90 Å². The van der Waals surface area contributed by atoms with Crippen LogP contribution < -0.4 is 10.9 Å². The fraction of sp³-hybridized carbons (Fsp3) is 0.611. The van der Waals surface area contributed by atoms with Crippen molar-refractivity contribution in [1.82, 2.24) is 15.8 Å². The number of fused-ring (bicyclic) bond motifs is 1. The number of halogens is 1. The van der Waals surface area contributed by atoms with Gasteiger partial charge in [-0.2, -0.15) is 0 Å². The number of likely N-dealkylation sites (tertiary alicyclic amines) is 1. The van der Waals surface area contributed by atoms with E-state index in [0.29, 0.717) is 12.0 Å². The van der Waals surface area contributed by atoms with Crippen LogP contribution in [0.3, 0.4) is 0 Å². The molecule has 2 aliphatic heterocycles. The van der Waals surface area contributed by atoms with Crippen LogP contribution in [0.4, 0.5) is 4.39 Å². The van der Waals surface area contributed by atoms with E-state index in [1.807, 2.05) is 17.0 Å². The van der Waals surface area contributed by atoms with Crippen LogP contribution in [0.1, 0.15) is 50.1 Å². The maximum atomic E-state index is 13.2. The third kappa shape index (κ3) is 2.76. The highest BCUT2D eigenvalue weighted by Crippen LogP contribution is 2.36. The van der Waals surface area contributed by atoms with Crippen molar-refractivity contribution in [3.05, 3.63) is 35.6 Å². The first-order valence-electron chi connectivity index (χ1n) is 8.81. The fourth-order valence-electron chi connectivity index (χ4n) is 4.52. The minimum Gasteiger partial charge on any atom is -0.334 e. The average Bonchev–Trinajstić information content (AvgIpc) is 3.18. The highest BCUT2D eigenvalue weighted by Gasteiger charge is 2.45. The maximum Gasteiger partial charge on any atom is 0.241 e. The van der Waals surface area contributed by atoms with Crippen molar-refractivity contribution in [3.8, 4) is 0 Å². The Labute approximate surface area is 136 Å². The van der Waals surface area contributed by atoms with E-state index in [4.69, 9.17) is 0 Å². The number of nitrogens with zero attached hydrogens (tertiary/aromatic N) is 1. The lowest BCUT2D eigenvalue weighted by Crippen LogP contribution is -2.50. The molecule has 0 spiro atoms. The molecular formula is C18H24FN3O. The van der Waals surface area contributed by atoms with E-state index in [1.54, 1.807) is 0 Å². The summed E-state index contributed by atoms with van der Waals surface area (Å²) in [6.45, 7) is 0.802. The molecule has 2 saturated heterocycles. The number of rotatable bonds is 2. The highest BCUT2D eigenvalue weighted by atomic mass is 19.1. The van der Waals surface area contributed by atoms with Crippen LogP contribution in [0, 0.1) is 11.7 Å². The molecule has 2 heterocycles. The topological polar surface area (TPSA) is 44.4 Å². The van der Waals surface area contributed by atoms with Crippen LogP contribution in [0.2, 0.25) is 0 Å². The molecule has 124 valence electrons. The normalized spacial score (nSPS) is 33.7. The zero-order valence-corrected chi connectivity index (χ0v) is 13.3. The minimum absolute atomic E-state index is 0.0825. The summed E-state index contributed by atoms with van der Waals surface area (Å²) in [5, 5.41) is 0. The molecule has 4 rings (SSSR count). The molecule has 5 heteroatoms. The van der Waals surface area contributed by atoms with Gasteiger partial charge in [0.15, 0.2) is 0 Å². The second-order valence-electron chi connectivity index (χ2n) is 7.06. The van der Waals surface area contributed by atoms with E-state index in [2.05, 4.69) is 10.9 Å². The second kappa shape index (κ2) is 6.21. The molecule has 4 nitrogen and oxygen atoms in total. The molecule has 2 N–H and O–H groups in total. The summed E-state index contributed by atoms with van der Waals surface area (Å²) >= 11 is 0. The number of piperidine rings is 1. The van der Waals surface area contributed by atoms with E-state index in [-0.39, 0.29) is 23.8 Å². The van der Waals surface area contributed by atoms with Gasteiger partial charge in [0.2, 0.25) is 5.91 Å². The predicted molar refractivity (Wildman–Crippen MR) is 85.9 cm³/mol. The largest absolute Gasteiger partial charge is 0.334 e. The molecule has 1 aromatic carbocycles. The summed E-state index contributed by atoms with van der Waals surface area (Å²) in [6, 6.07) is 7.05. The smallest absolute Gasteiger partial charge is 0.241 e. The summed E-state index contributed by atoms with van der Waals surface area (Å²) in [4.78, 5) is 15.2. The Morgan fingerprint density at radius 3 is 2.70 bits per heavy atom. The lowest BCUT2D eigenvalue weighted by molar-refractivity contribution is -0.138. The van der Waals surface area contributed by atoms with Gasteiger partial charge in [-0.1, -0.05) is 18.6 Å². The van der Waals surface area contributed by atoms with E-state index in [9.17, 15) is 9.18 Å². The SMILES string of the molecule is O=C(C1NNC2CCCC21)N1CCCCC1c1ccc(F)cc1. The molecule has 3 aliphatic rings. The van der Waals surface area contributed by atoms with Gasteiger partial charge >= 0.3 is 0 Å². The summed E-state index contributed by atoms with van der Waals surface area (Å²) in [7, 11) is 0. The maximum absolute atomic E-state index is 13.2. The van der Waals surface area contributed by atoms with Gasteiger partial charge in [0, 0.05) is 18.5 Å². The molecule has 4 unspecified atom stereocenters. The van der Waals surface area contributed by atoms with Crippen molar-refractivity contribution in [2.75, 3.05) is 6.54 Å². The number of hydrazine groups is 1. The van der Waals surface area contributed by atoms with E-state index in [1.165, 1.54) is 18.6 Å². The van der Waals surface area contributed by atoms with Crippen molar-refractivity contribution < 1.29 is 9.18 Å². The monoisotopic (exact) mass is 317 g/mol. The quantitative estimate of drug-likeness (QED) is 0.881. The molecule has 4 atom stereocenters. The minimum atomic E-state index is -0.224. The number of carbonyl (C=O) groups excluding carboxylic acids is 1. The molecule has 0 bridgehead atoms. The van der Waals surface area contributed by atoms with Gasteiger partial charge in [0.1, 0.15) is 11.9 Å². The third-order valence-electron chi connectivity index (χ3n) is 5.73. The number of benzene rings is 1.